The number of carbonyl (C=O) groups excluding carboxylic acids is 1. The Morgan fingerprint density at radius 3 is 2.18 bits per heavy atom. The van der Waals surface area contributed by atoms with E-state index < -0.39 is 10.1 Å². The number of hydrogen-bond acceptors (Lipinski definition) is 5. The lowest BCUT2D eigenvalue weighted by atomic mass is 10.2. The monoisotopic (exact) mass is 255 g/mol. The molecule has 5 nitrogen and oxygen atoms in total. The Labute approximate surface area is 100 Å². The number of carbonyl (C=O) groups is 1. The maximum Gasteiger partial charge on any atom is 0.358 e. The molecule has 0 aliphatic rings. The topological polar surface area (TPSA) is 72.8 Å². The number of oxime groups is 1. The van der Waals surface area contributed by atoms with E-state index in [0.717, 1.165) is 5.56 Å². The van der Waals surface area contributed by atoms with E-state index in [2.05, 4.69) is 9.44 Å². The number of nitrogens with zero attached hydrogens (tertiary/aromatic N) is 1. The van der Waals surface area contributed by atoms with Gasteiger partial charge >= 0.3 is 10.1 Å². The average molecular weight is 255 g/mol. The van der Waals surface area contributed by atoms with Crippen LogP contribution in [0.2, 0.25) is 0 Å². The van der Waals surface area contributed by atoms with Gasteiger partial charge < -0.3 is 0 Å². The van der Waals surface area contributed by atoms with Crippen molar-refractivity contribution in [1.29, 1.82) is 0 Å². The standard InChI is InChI=1S/C11H13NO4S/c1-8-4-6-11(7-5-8)17(14,15)16-12-9(2)10(3)13/h4-7H,1-3H3/b12-9-. The SMILES string of the molecule is CC(=O)/C(C)=N\OS(=O)(=O)c1ccc(C)cc1. The van der Waals surface area contributed by atoms with E-state index in [1.807, 2.05) is 6.92 Å². The summed E-state index contributed by atoms with van der Waals surface area (Å²) in [5, 5.41) is 3.27. The summed E-state index contributed by atoms with van der Waals surface area (Å²) in [5.41, 5.74) is 0.938. The summed E-state index contributed by atoms with van der Waals surface area (Å²) in [5.74, 6) is -0.343. The summed E-state index contributed by atoms with van der Waals surface area (Å²) in [4.78, 5) is 10.8. The van der Waals surface area contributed by atoms with E-state index >= 15 is 0 Å². The molecule has 92 valence electrons. The van der Waals surface area contributed by atoms with Crippen molar-refractivity contribution in [2.24, 2.45) is 5.16 Å². The summed E-state index contributed by atoms with van der Waals surface area (Å²) in [6, 6.07) is 6.14. The molecule has 17 heavy (non-hydrogen) atoms. The molecule has 0 radical (unpaired) electrons. The maximum atomic E-state index is 11.6. The average Bonchev–Trinajstić information content (AvgIpc) is 2.26. The molecule has 6 heteroatoms. The summed E-state index contributed by atoms with van der Waals surface area (Å²) < 4.78 is 27.7. The molecule has 0 heterocycles. The Morgan fingerprint density at radius 1 is 1.18 bits per heavy atom. The van der Waals surface area contributed by atoms with Crippen LogP contribution in [0, 0.1) is 6.92 Å². The van der Waals surface area contributed by atoms with Crippen LogP contribution < -0.4 is 0 Å². The first kappa shape index (κ1) is 13.4. The van der Waals surface area contributed by atoms with Gasteiger partial charge in [-0.2, -0.15) is 8.42 Å². The van der Waals surface area contributed by atoms with Crippen molar-refractivity contribution in [3.63, 3.8) is 0 Å². The minimum absolute atomic E-state index is 0.000636. The second-order valence-corrected chi connectivity index (χ2v) is 5.10. The van der Waals surface area contributed by atoms with Gasteiger partial charge in [0.1, 0.15) is 10.6 Å². The molecule has 1 rings (SSSR count). The minimum atomic E-state index is -3.95. The highest BCUT2D eigenvalue weighted by Crippen LogP contribution is 2.13. The summed E-state index contributed by atoms with van der Waals surface area (Å²) in [7, 11) is -3.95. The Hall–Kier alpha value is -1.69. The van der Waals surface area contributed by atoms with Crippen LogP contribution in [0.15, 0.2) is 34.3 Å². The van der Waals surface area contributed by atoms with Crippen LogP contribution in [0.5, 0.6) is 0 Å². The summed E-state index contributed by atoms with van der Waals surface area (Å²) in [6.45, 7) is 4.50. The molecule has 0 fully saturated rings. The predicted molar refractivity (Wildman–Crippen MR) is 63.2 cm³/mol. The molecular formula is C11H13NO4S. The van der Waals surface area contributed by atoms with Gasteiger partial charge in [-0.3, -0.25) is 9.08 Å². The second kappa shape index (κ2) is 5.09. The zero-order valence-electron chi connectivity index (χ0n) is 9.80. The molecule has 0 aromatic heterocycles. The first-order valence-corrected chi connectivity index (χ1v) is 6.29. The fourth-order valence-electron chi connectivity index (χ4n) is 0.917. The number of rotatable bonds is 4. The van der Waals surface area contributed by atoms with Crippen molar-refractivity contribution >= 4 is 21.6 Å². The number of aryl methyl sites for hydroxylation is 1. The normalized spacial score (nSPS) is 12.3. The van der Waals surface area contributed by atoms with Gasteiger partial charge in [0.05, 0.1) is 0 Å². The highest BCUT2D eigenvalue weighted by Gasteiger charge is 2.15. The third-order valence-electron chi connectivity index (χ3n) is 2.09. The number of Topliss-reactive ketones (excluding diaryl/α,β-unsaturated/α-hetero) is 1. The smallest absolute Gasteiger partial charge is 0.293 e. The van der Waals surface area contributed by atoms with Crippen molar-refractivity contribution in [1.82, 2.24) is 0 Å². The second-order valence-electron chi connectivity index (χ2n) is 3.57. The van der Waals surface area contributed by atoms with Gasteiger partial charge in [-0.15, -0.1) is 0 Å². The third-order valence-corrected chi connectivity index (χ3v) is 3.21. The van der Waals surface area contributed by atoms with Crippen molar-refractivity contribution < 1.29 is 17.5 Å². The van der Waals surface area contributed by atoms with Crippen LogP contribution in [-0.2, 0) is 19.2 Å². The molecule has 0 spiro atoms. The van der Waals surface area contributed by atoms with Crippen molar-refractivity contribution in [2.75, 3.05) is 0 Å². The van der Waals surface area contributed by atoms with Gasteiger partial charge in [0.2, 0.25) is 0 Å². The molecule has 1 aromatic carbocycles. The molecule has 0 bridgehead atoms. The lowest BCUT2D eigenvalue weighted by molar-refractivity contribution is -0.111. The summed E-state index contributed by atoms with van der Waals surface area (Å²) >= 11 is 0. The molecule has 0 saturated carbocycles. The highest BCUT2D eigenvalue weighted by molar-refractivity contribution is 7.86. The number of ketones is 1. The largest absolute Gasteiger partial charge is 0.358 e. The molecule has 0 saturated heterocycles. The maximum absolute atomic E-state index is 11.6. The molecule has 0 N–H and O–H groups in total. The summed E-state index contributed by atoms with van der Waals surface area (Å²) in [6.07, 6.45) is 0. The number of hydrogen-bond donors (Lipinski definition) is 0. The van der Waals surface area contributed by atoms with Gasteiger partial charge in [0, 0.05) is 6.92 Å². The van der Waals surface area contributed by atoms with E-state index in [1.54, 1.807) is 12.1 Å². The van der Waals surface area contributed by atoms with Crippen LogP contribution in [0.4, 0.5) is 0 Å². The van der Waals surface area contributed by atoms with Crippen LogP contribution in [0.1, 0.15) is 19.4 Å². The molecule has 0 aliphatic heterocycles. The fraction of sp³-hybridized carbons (Fsp3) is 0.273. The van der Waals surface area contributed by atoms with Crippen LogP contribution >= 0.6 is 0 Å². The van der Waals surface area contributed by atoms with Crippen LogP contribution in [0.3, 0.4) is 0 Å². The minimum Gasteiger partial charge on any atom is -0.293 e. The van der Waals surface area contributed by atoms with E-state index in [9.17, 15) is 13.2 Å². The van der Waals surface area contributed by atoms with Gasteiger partial charge in [-0.05, 0) is 26.0 Å². The van der Waals surface area contributed by atoms with Crippen LogP contribution in [0.25, 0.3) is 0 Å². The number of benzene rings is 1. The van der Waals surface area contributed by atoms with E-state index in [1.165, 1.54) is 26.0 Å². The van der Waals surface area contributed by atoms with Gasteiger partial charge in [-0.25, -0.2) is 0 Å². The Bertz CT molecular complexity index is 543. The lowest BCUT2D eigenvalue weighted by Gasteiger charge is -2.02. The van der Waals surface area contributed by atoms with Crippen molar-refractivity contribution in [3.8, 4) is 0 Å². The zero-order valence-corrected chi connectivity index (χ0v) is 10.6. The van der Waals surface area contributed by atoms with Gasteiger partial charge in [0.15, 0.2) is 5.78 Å². The first-order valence-electron chi connectivity index (χ1n) is 4.89. The fourth-order valence-corrected chi connectivity index (χ4v) is 1.68. The molecule has 0 unspecified atom stereocenters. The van der Waals surface area contributed by atoms with E-state index in [0.29, 0.717) is 0 Å². The van der Waals surface area contributed by atoms with Crippen molar-refractivity contribution in [3.05, 3.63) is 29.8 Å². The predicted octanol–water partition coefficient (Wildman–Crippen LogP) is 1.67. The molecule has 1 aromatic rings. The molecular weight excluding hydrogens is 242 g/mol. The Kier molecular flexibility index (Phi) is 4.01. The van der Waals surface area contributed by atoms with Crippen molar-refractivity contribution in [2.45, 2.75) is 25.7 Å². The lowest BCUT2D eigenvalue weighted by Crippen LogP contribution is -2.09. The quantitative estimate of drug-likeness (QED) is 0.606. The molecule has 0 aliphatic carbocycles. The Morgan fingerprint density at radius 2 is 1.71 bits per heavy atom. The highest BCUT2D eigenvalue weighted by atomic mass is 32.2. The Balaban J connectivity index is 2.94. The van der Waals surface area contributed by atoms with Crippen LogP contribution in [-0.4, -0.2) is 19.9 Å². The first-order chi connectivity index (χ1) is 7.83. The molecule has 0 amide bonds. The van der Waals surface area contributed by atoms with Gasteiger partial charge in [-0.1, -0.05) is 22.9 Å². The molecule has 0 atom stereocenters. The zero-order chi connectivity index (χ0) is 13.1. The van der Waals surface area contributed by atoms with E-state index in [-0.39, 0.29) is 16.4 Å². The third kappa shape index (κ3) is 3.67. The van der Waals surface area contributed by atoms with E-state index in [4.69, 9.17) is 0 Å². The van der Waals surface area contributed by atoms with Gasteiger partial charge in [0.25, 0.3) is 0 Å².